The monoisotopic (exact) mass is 488 g/mol. The molecule has 2 N–H and O–H groups in total. The summed E-state index contributed by atoms with van der Waals surface area (Å²) in [4.78, 5) is 25.5. The summed E-state index contributed by atoms with van der Waals surface area (Å²) in [6, 6.07) is 7.79. The number of benzene rings is 1. The van der Waals surface area contributed by atoms with E-state index < -0.39 is 23.5 Å². The van der Waals surface area contributed by atoms with Crippen LogP contribution >= 0.6 is 0 Å². The van der Waals surface area contributed by atoms with Crippen molar-refractivity contribution in [2.75, 3.05) is 0 Å². The number of amides is 2. The van der Waals surface area contributed by atoms with E-state index in [9.17, 15) is 22.8 Å². The molecule has 4 nitrogen and oxygen atoms in total. The average molecular weight is 489 g/mol. The molecular formula is C28H35F3N2O2. The second kappa shape index (κ2) is 8.10. The van der Waals surface area contributed by atoms with Gasteiger partial charge in [-0.25, -0.2) is 0 Å². The van der Waals surface area contributed by atoms with Crippen LogP contribution in [0.4, 0.5) is 13.2 Å². The van der Waals surface area contributed by atoms with Crippen molar-refractivity contribution in [2.45, 2.75) is 77.1 Å². The minimum atomic E-state index is -4.62. The Balaban J connectivity index is 1.39. The standard InChI is InChI=1S/C28H35F3N2O2/c1-25-15-13-20-18(9-12-22-26(20,2)16-14-23(34)32-22)19(25)10-11-21(25)24(35)33-27(3,28(29,30)31)17-7-5-4-6-8-17/h4-8,14,16,18-22H,9-13,15H2,1-3H3,(H,32,34)(H,33,35)/t18?,19?,20?,21-,22?,25+,26-,27-/m1/s1. The van der Waals surface area contributed by atoms with Crippen LogP contribution in [0.1, 0.15) is 64.9 Å². The van der Waals surface area contributed by atoms with Gasteiger partial charge in [0, 0.05) is 17.4 Å². The van der Waals surface area contributed by atoms with E-state index in [0.717, 1.165) is 39.0 Å². The zero-order valence-corrected chi connectivity index (χ0v) is 20.6. The third-order valence-electron chi connectivity index (χ3n) is 10.3. The molecule has 0 saturated heterocycles. The van der Waals surface area contributed by atoms with Gasteiger partial charge < -0.3 is 10.6 Å². The van der Waals surface area contributed by atoms with E-state index in [2.05, 4.69) is 30.6 Å². The number of carbonyl (C=O) groups is 2. The van der Waals surface area contributed by atoms with E-state index in [0.29, 0.717) is 24.2 Å². The maximum atomic E-state index is 14.3. The summed E-state index contributed by atoms with van der Waals surface area (Å²) in [6.07, 6.45) is 4.22. The fraction of sp³-hybridized carbons (Fsp3) is 0.643. The Bertz CT molecular complexity index is 1040. The summed E-state index contributed by atoms with van der Waals surface area (Å²) < 4.78 is 42.8. The molecule has 7 heteroatoms. The SMILES string of the molecule is C[C@]12C=CC(=O)NC1CCC1C2CC[C@@]2(C)C1CC[C@@H]2C(=O)N[C@](C)(c1ccccc1)C(F)(F)F. The van der Waals surface area contributed by atoms with E-state index in [1.165, 1.54) is 12.1 Å². The number of rotatable bonds is 3. The Hall–Kier alpha value is -2.31. The Kier molecular flexibility index (Phi) is 5.65. The van der Waals surface area contributed by atoms with Crippen molar-refractivity contribution >= 4 is 11.8 Å². The van der Waals surface area contributed by atoms with E-state index in [-0.39, 0.29) is 28.3 Å². The molecule has 35 heavy (non-hydrogen) atoms. The zero-order chi connectivity index (χ0) is 25.2. The van der Waals surface area contributed by atoms with Crippen molar-refractivity contribution in [1.82, 2.24) is 10.6 Å². The molecule has 4 unspecified atom stereocenters. The number of nitrogens with one attached hydrogen (secondary N) is 2. The van der Waals surface area contributed by atoms with Gasteiger partial charge in [0.2, 0.25) is 11.8 Å². The quantitative estimate of drug-likeness (QED) is 0.591. The van der Waals surface area contributed by atoms with Gasteiger partial charge in [-0.1, -0.05) is 50.3 Å². The highest BCUT2D eigenvalue weighted by Crippen LogP contribution is 2.65. The van der Waals surface area contributed by atoms with Gasteiger partial charge in [0.1, 0.15) is 0 Å². The molecule has 8 atom stereocenters. The van der Waals surface area contributed by atoms with Crippen LogP contribution in [0.3, 0.4) is 0 Å². The Labute approximate surface area is 205 Å². The van der Waals surface area contributed by atoms with Crippen LogP contribution in [0.2, 0.25) is 0 Å². The highest BCUT2D eigenvalue weighted by atomic mass is 19.4. The summed E-state index contributed by atoms with van der Waals surface area (Å²) >= 11 is 0. The fourth-order valence-electron chi connectivity index (χ4n) is 8.18. The Morgan fingerprint density at radius 2 is 1.74 bits per heavy atom. The van der Waals surface area contributed by atoms with Crippen LogP contribution < -0.4 is 10.6 Å². The molecule has 0 radical (unpaired) electrons. The molecule has 3 fully saturated rings. The maximum absolute atomic E-state index is 14.3. The third-order valence-corrected chi connectivity index (χ3v) is 10.3. The largest absolute Gasteiger partial charge is 0.415 e. The summed E-state index contributed by atoms with van der Waals surface area (Å²) in [5, 5.41) is 5.60. The molecule has 1 aromatic rings. The summed E-state index contributed by atoms with van der Waals surface area (Å²) in [6.45, 7) is 5.43. The Morgan fingerprint density at radius 3 is 2.43 bits per heavy atom. The molecular weight excluding hydrogens is 453 g/mol. The van der Waals surface area contributed by atoms with Gasteiger partial charge >= 0.3 is 6.18 Å². The fourth-order valence-corrected chi connectivity index (χ4v) is 8.18. The van der Waals surface area contributed by atoms with Crippen molar-refractivity contribution in [1.29, 1.82) is 0 Å². The zero-order valence-electron chi connectivity index (χ0n) is 20.6. The van der Waals surface area contributed by atoms with E-state index in [4.69, 9.17) is 0 Å². The van der Waals surface area contributed by atoms with Crippen LogP contribution in [0.5, 0.6) is 0 Å². The van der Waals surface area contributed by atoms with Crippen LogP contribution in [0.15, 0.2) is 42.5 Å². The van der Waals surface area contributed by atoms with E-state index in [1.807, 2.05) is 0 Å². The van der Waals surface area contributed by atoms with Gasteiger partial charge in [-0.15, -0.1) is 0 Å². The first kappa shape index (κ1) is 24.4. The average Bonchev–Trinajstić information content (AvgIpc) is 3.16. The predicted molar refractivity (Wildman–Crippen MR) is 127 cm³/mol. The van der Waals surface area contributed by atoms with E-state index >= 15 is 0 Å². The van der Waals surface area contributed by atoms with Crippen molar-refractivity contribution in [3.63, 3.8) is 0 Å². The highest BCUT2D eigenvalue weighted by Gasteiger charge is 2.62. The molecule has 3 aliphatic carbocycles. The summed E-state index contributed by atoms with van der Waals surface area (Å²) in [5.74, 6) is 0.163. The molecule has 1 heterocycles. The smallest absolute Gasteiger partial charge is 0.349 e. The second-order valence-electron chi connectivity index (χ2n) is 11.9. The normalized spacial score (nSPS) is 40.1. The molecule has 0 aromatic heterocycles. The molecule has 0 bridgehead atoms. The van der Waals surface area contributed by atoms with Gasteiger partial charge in [-0.2, -0.15) is 13.2 Å². The van der Waals surface area contributed by atoms with Gasteiger partial charge in [0.05, 0.1) is 0 Å². The van der Waals surface area contributed by atoms with E-state index in [1.54, 1.807) is 24.3 Å². The van der Waals surface area contributed by atoms with Gasteiger partial charge in [-0.3, -0.25) is 9.59 Å². The number of fused-ring (bicyclic) bond motifs is 5. The van der Waals surface area contributed by atoms with Gasteiger partial charge in [0.15, 0.2) is 5.54 Å². The lowest BCUT2D eigenvalue weighted by Crippen LogP contribution is -2.60. The number of halogens is 3. The number of alkyl halides is 3. The predicted octanol–water partition coefficient (Wildman–Crippen LogP) is 5.49. The number of carbonyl (C=O) groups excluding carboxylic acids is 2. The Morgan fingerprint density at radius 1 is 1.03 bits per heavy atom. The van der Waals surface area contributed by atoms with Crippen molar-refractivity contribution < 1.29 is 22.8 Å². The highest BCUT2D eigenvalue weighted by molar-refractivity contribution is 5.89. The first-order valence-electron chi connectivity index (χ1n) is 12.8. The number of hydrogen-bond acceptors (Lipinski definition) is 2. The minimum absolute atomic E-state index is 0.0321. The summed E-state index contributed by atoms with van der Waals surface area (Å²) in [7, 11) is 0. The third kappa shape index (κ3) is 3.63. The summed E-state index contributed by atoms with van der Waals surface area (Å²) in [5.41, 5.74) is -2.82. The molecule has 1 aliphatic heterocycles. The van der Waals surface area contributed by atoms with Crippen molar-refractivity contribution in [2.24, 2.45) is 34.5 Å². The van der Waals surface area contributed by atoms with Crippen molar-refractivity contribution in [3.05, 3.63) is 48.0 Å². The molecule has 1 aromatic carbocycles. The number of hydrogen-bond donors (Lipinski definition) is 2. The van der Waals surface area contributed by atoms with Crippen molar-refractivity contribution in [3.8, 4) is 0 Å². The van der Waals surface area contributed by atoms with Gasteiger partial charge in [0.25, 0.3) is 0 Å². The maximum Gasteiger partial charge on any atom is 0.415 e. The first-order valence-corrected chi connectivity index (χ1v) is 12.8. The molecule has 190 valence electrons. The van der Waals surface area contributed by atoms with Crippen LogP contribution in [-0.2, 0) is 15.1 Å². The molecule has 3 saturated carbocycles. The molecule has 2 amide bonds. The molecule has 5 rings (SSSR count). The minimum Gasteiger partial charge on any atom is -0.349 e. The van der Waals surface area contributed by atoms with Crippen LogP contribution in [0, 0.1) is 34.5 Å². The topological polar surface area (TPSA) is 58.2 Å². The lowest BCUT2D eigenvalue weighted by Gasteiger charge is -2.58. The van der Waals surface area contributed by atoms with Crippen LogP contribution in [-0.4, -0.2) is 24.0 Å². The lowest BCUT2D eigenvalue weighted by atomic mass is 9.48. The van der Waals surface area contributed by atoms with Crippen LogP contribution in [0.25, 0.3) is 0 Å². The second-order valence-corrected chi connectivity index (χ2v) is 11.9. The first-order chi connectivity index (χ1) is 16.4. The molecule has 0 spiro atoms. The van der Waals surface area contributed by atoms with Gasteiger partial charge in [-0.05, 0) is 80.3 Å². The molecule has 4 aliphatic rings. The lowest BCUT2D eigenvalue weighted by molar-refractivity contribution is -0.199.